The molecule has 2 N–H and O–H groups in total. The van der Waals surface area contributed by atoms with Crippen LogP contribution in [0.1, 0.15) is 11.1 Å². The Morgan fingerprint density at radius 3 is 2.81 bits per heavy atom. The Balaban J connectivity index is 1.52. The molecule has 7 nitrogen and oxygen atoms in total. The highest BCUT2D eigenvalue weighted by molar-refractivity contribution is 7.99. The van der Waals surface area contributed by atoms with Crippen molar-refractivity contribution in [2.45, 2.75) is 24.3 Å². The van der Waals surface area contributed by atoms with Crippen molar-refractivity contribution in [1.82, 2.24) is 9.97 Å². The molecule has 3 aromatic carbocycles. The number of hydrogen-bond acceptors (Lipinski definition) is 8. The van der Waals surface area contributed by atoms with E-state index in [1.807, 2.05) is 12.1 Å². The molecular formula is C28H22FN3O4S. The zero-order valence-corrected chi connectivity index (χ0v) is 20.9. The fraction of sp³-hybridized carbons (Fsp3) is 0.179. The highest BCUT2D eigenvalue weighted by atomic mass is 32.2. The van der Waals surface area contributed by atoms with Gasteiger partial charge in [-0.2, -0.15) is 9.97 Å². The molecule has 2 aromatic heterocycles. The summed E-state index contributed by atoms with van der Waals surface area (Å²) in [7, 11) is 1.46. The van der Waals surface area contributed by atoms with Crippen LogP contribution < -0.4 is 15.7 Å². The normalized spacial score (nSPS) is 15.1. The third kappa shape index (κ3) is 4.05. The summed E-state index contributed by atoms with van der Waals surface area (Å²) in [6.45, 7) is 1.74. The number of phenols is 1. The van der Waals surface area contributed by atoms with Gasteiger partial charge >= 0.3 is 11.6 Å². The van der Waals surface area contributed by atoms with Crippen molar-refractivity contribution in [2.24, 2.45) is 0 Å². The molecule has 6 rings (SSSR count). The first kappa shape index (κ1) is 23.3. The van der Waals surface area contributed by atoms with Gasteiger partial charge < -0.3 is 19.6 Å². The van der Waals surface area contributed by atoms with Gasteiger partial charge in [-0.05, 0) is 48.6 Å². The number of ether oxygens (including phenoxy) is 1. The molecule has 0 spiro atoms. The van der Waals surface area contributed by atoms with Gasteiger partial charge in [0.05, 0.1) is 12.6 Å². The zero-order chi connectivity index (χ0) is 25.7. The second-order valence-corrected chi connectivity index (χ2v) is 9.98. The van der Waals surface area contributed by atoms with E-state index < -0.39 is 11.4 Å². The molecule has 1 aliphatic rings. The number of aromatic nitrogens is 2. The summed E-state index contributed by atoms with van der Waals surface area (Å²) in [6.07, 6.45) is 0.772. The van der Waals surface area contributed by atoms with Gasteiger partial charge in [0.25, 0.3) is 0 Å². The Morgan fingerprint density at radius 1 is 1.14 bits per heavy atom. The van der Waals surface area contributed by atoms with Crippen LogP contribution in [-0.4, -0.2) is 34.0 Å². The summed E-state index contributed by atoms with van der Waals surface area (Å²) in [6, 6.07) is 15.8. The van der Waals surface area contributed by atoms with Gasteiger partial charge in [-0.1, -0.05) is 30.3 Å². The number of rotatable bonds is 4. The molecule has 186 valence electrons. The number of aromatic hydroxyl groups is 1. The number of halogens is 1. The van der Waals surface area contributed by atoms with E-state index >= 15 is 0 Å². The summed E-state index contributed by atoms with van der Waals surface area (Å²) in [5, 5.41) is 14.6. The van der Waals surface area contributed by atoms with Gasteiger partial charge in [0.15, 0.2) is 0 Å². The SMILES string of the molecule is COc1nc(NC2CSc3ccccc3C2)c2c(=O)oc(-c3cc(O)cc4cccc(F)c34)c(C)c2n1. The van der Waals surface area contributed by atoms with Crippen molar-refractivity contribution in [3.63, 3.8) is 0 Å². The maximum atomic E-state index is 14.9. The number of thioether (sulfide) groups is 1. The van der Waals surface area contributed by atoms with Gasteiger partial charge in [0.2, 0.25) is 0 Å². The Labute approximate surface area is 215 Å². The molecule has 1 aliphatic heterocycles. The molecule has 0 bridgehead atoms. The Hall–Kier alpha value is -4.11. The molecule has 9 heteroatoms. The van der Waals surface area contributed by atoms with E-state index in [1.54, 1.807) is 30.8 Å². The van der Waals surface area contributed by atoms with Crippen LogP contribution in [0.15, 0.2) is 68.7 Å². The number of phenolic OH excluding ortho intramolecular Hbond substituents is 1. The molecule has 0 saturated heterocycles. The quantitative estimate of drug-likeness (QED) is 0.315. The van der Waals surface area contributed by atoms with Crippen molar-refractivity contribution in [1.29, 1.82) is 0 Å². The van der Waals surface area contributed by atoms with Crippen LogP contribution in [0, 0.1) is 12.7 Å². The Kier molecular flexibility index (Phi) is 5.72. The minimum Gasteiger partial charge on any atom is -0.508 e. The summed E-state index contributed by atoms with van der Waals surface area (Å²) in [5.74, 6) is 0.668. The van der Waals surface area contributed by atoms with Crippen LogP contribution in [-0.2, 0) is 6.42 Å². The predicted octanol–water partition coefficient (Wildman–Crippen LogP) is 5.69. The standard InChI is InChI=1S/C28H22FN3O4S/c1-14-24-23(27(34)36-25(14)19-12-18(33)11-16-7-5-8-20(29)22(16)19)26(32-28(31-24)35-2)30-17-10-15-6-3-4-9-21(15)37-13-17/h3-9,11-12,17,33H,10,13H2,1-2H3,(H,30,31,32). The van der Waals surface area contributed by atoms with Crippen molar-refractivity contribution < 1.29 is 18.7 Å². The number of benzene rings is 3. The number of hydrogen-bond donors (Lipinski definition) is 2. The third-order valence-electron chi connectivity index (χ3n) is 6.54. The van der Waals surface area contributed by atoms with Gasteiger partial charge in [0, 0.05) is 33.2 Å². The molecular weight excluding hydrogens is 493 g/mol. The lowest BCUT2D eigenvalue weighted by Gasteiger charge is -2.25. The zero-order valence-electron chi connectivity index (χ0n) is 20.0. The maximum Gasteiger partial charge on any atom is 0.349 e. The highest BCUT2D eigenvalue weighted by Gasteiger charge is 2.25. The smallest absolute Gasteiger partial charge is 0.349 e. The van der Waals surface area contributed by atoms with Gasteiger partial charge in [-0.25, -0.2) is 9.18 Å². The fourth-order valence-corrected chi connectivity index (χ4v) is 5.94. The topological polar surface area (TPSA) is 97.5 Å². The van der Waals surface area contributed by atoms with Crippen LogP contribution in [0.5, 0.6) is 11.8 Å². The minimum atomic E-state index is -0.669. The van der Waals surface area contributed by atoms with Crippen molar-refractivity contribution in [3.8, 4) is 23.1 Å². The van der Waals surface area contributed by atoms with Gasteiger partial charge in [0.1, 0.15) is 28.5 Å². The number of anilines is 1. The number of methoxy groups -OCH3 is 1. The summed E-state index contributed by atoms with van der Waals surface area (Å²) >= 11 is 1.74. The van der Waals surface area contributed by atoms with Crippen molar-refractivity contribution >= 4 is 39.3 Å². The lowest BCUT2D eigenvalue weighted by molar-refractivity contribution is 0.382. The fourth-order valence-electron chi connectivity index (χ4n) is 4.84. The van der Waals surface area contributed by atoms with E-state index in [4.69, 9.17) is 9.15 Å². The molecule has 1 atom stereocenters. The number of nitrogens with one attached hydrogen (secondary N) is 1. The van der Waals surface area contributed by atoms with Crippen molar-refractivity contribution in [3.05, 3.63) is 82.0 Å². The molecule has 0 radical (unpaired) electrons. The molecule has 3 heterocycles. The predicted molar refractivity (Wildman–Crippen MR) is 142 cm³/mol. The second kappa shape index (κ2) is 9.08. The summed E-state index contributed by atoms with van der Waals surface area (Å²) in [5.41, 5.74) is 1.65. The molecule has 1 unspecified atom stereocenters. The van der Waals surface area contributed by atoms with Crippen LogP contribution in [0.25, 0.3) is 33.0 Å². The average Bonchev–Trinajstić information content (AvgIpc) is 2.89. The first-order chi connectivity index (χ1) is 17.9. The summed E-state index contributed by atoms with van der Waals surface area (Å²) in [4.78, 5) is 23.5. The van der Waals surface area contributed by atoms with Gasteiger partial charge in [-0.15, -0.1) is 11.8 Å². The third-order valence-corrected chi connectivity index (χ3v) is 7.82. The van der Waals surface area contributed by atoms with Crippen LogP contribution >= 0.6 is 11.8 Å². The molecule has 0 saturated carbocycles. The molecule has 0 aliphatic carbocycles. The number of aryl methyl sites for hydroxylation is 1. The summed E-state index contributed by atoms with van der Waals surface area (Å²) < 4.78 is 26.0. The van der Waals surface area contributed by atoms with Crippen molar-refractivity contribution in [2.75, 3.05) is 18.2 Å². The molecule has 0 amide bonds. The maximum absolute atomic E-state index is 14.9. The van der Waals surface area contributed by atoms with Crippen LogP contribution in [0.4, 0.5) is 10.2 Å². The average molecular weight is 516 g/mol. The minimum absolute atomic E-state index is 0.0196. The van der Waals surface area contributed by atoms with E-state index in [9.17, 15) is 14.3 Å². The van der Waals surface area contributed by atoms with E-state index in [0.29, 0.717) is 22.3 Å². The number of nitrogens with zero attached hydrogens (tertiary/aromatic N) is 2. The van der Waals surface area contributed by atoms with E-state index in [0.717, 1.165) is 12.2 Å². The monoisotopic (exact) mass is 515 g/mol. The first-order valence-corrected chi connectivity index (χ1v) is 12.7. The van der Waals surface area contributed by atoms with E-state index in [1.165, 1.54) is 35.8 Å². The molecule has 5 aromatic rings. The lowest BCUT2D eigenvalue weighted by atomic mass is 9.98. The van der Waals surface area contributed by atoms with Gasteiger partial charge in [-0.3, -0.25) is 0 Å². The second-order valence-electron chi connectivity index (χ2n) is 8.92. The van der Waals surface area contributed by atoms with E-state index in [2.05, 4.69) is 27.4 Å². The Morgan fingerprint density at radius 2 is 1.97 bits per heavy atom. The van der Waals surface area contributed by atoms with Crippen LogP contribution in [0.2, 0.25) is 0 Å². The van der Waals surface area contributed by atoms with E-state index in [-0.39, 0.29) is 39.9 Å². The first-order valence-electron chi connectivity index (χ1n) is 11.7. The number of fused-ring (bicyclic) bond motifs is 3. The highest BCUT2D eigenvalue weighted by Crippen LogP contribution is 2.38. The molecule has 0 fully saturated rings. The Bertz CT molecular complexity index is 1750. The molecule has 37 heavy (non-hydrogen) atoms. The van der Waals surface area contributed by atoms with Crippen LogP contribution in [0.3, 0.4) is 0 Å². The lowest BCUT2D eigenvalue weighted by Crippen LogP contribution is -2.29. The largest absolute Gasteiger partial charge is 0.508 e.